The molecule has 0 atom stereocenters. The van der Waals surface area contributed by atoms with Gasteiger partial charge in [-0.1, -0.05) is 0 Å². The quantitative estimate of drug-likeness (QED) is 0.538. The molecule has 1 heterocycles. The summed E-state index contributed by atoms with van der Waals surface area (Å²) in [6, 6.07) is 1.21. The molecule has 1 aromatic heterocycles. The van der Waals surface area contributed by atoms with Crippen molar-refractivity contribution in [1.29, 1.82) is 0 Å². The zero-order valence-electron chi connectivity index (χ0n) is 5.40. The molecule has 1 aromatic rings. The molecule has 1 amide bonds. The summed E-state index contributed by atoms with van der Waals surface area (Å²) in [5.74, 6) is -0.718. The second-order valence-electron chi connectivity index (χ2n) is 1.88. The molecule has 0 saturated carbocycles. The minimum atomic E-state index is -0.643. The van der Waals surface area contributed by atoms with Gasteiger partial charge < -0.3 is 10.8 Å². The zero-order chi connectivity index (χ0) is 7.72. The Morgan fingerprint density at radius 3 is 2.70 bits per heavy atom. The summed E-state index contributed by atoms with van der Waals surface area (Å²) in [5, 5.41) is 12.5. The summed E-state index contributed by atoms with van der Waals surface area (Å²) in [6.07, 6.45) is 0. The van der Waals surface area contributed by atoms with E-state index < -0.39 is 5.91 Å². The van der Waals surface area contributed by atoms with Gasteiger partial charge >= 0.3 is 0 Å². The first-order chi connectivity index (χ1) is 4.61. The van der Waals surface area contributed by atoms with Crippen LogP contribution in [0.4, 0.5) is 0 Å². The zero-order valence-corrected chi connectivity index (χ0v) is 5.40. The van der Waals surface area contributed by atoms with Crippen LogP contribution in [0.15, 0.2) is 6.07 Å². The molecule has 0 aliphatic carbocycles. The van der Waals surface area contributed by atoms with Gasteiger partial charge in [0.15, 0.2) is 5.69 Å². The minimum Gasteiger partial charge on any atom is -0.493 e. The maximum atomic E-state index is 10.4. The molecule has 0 saturated heterocycles. The summed E-state index contributed by atoms with van der Waals surface area (Å²) in [7, 11) is 1.52. The van der Waals surface area contributed by atoms with Crippen LogP contribution >= 0.6 is 0 Å². The van der Waals surface area contributed by atoms with Crippen molar-refractivity contribution in [3.05, 3.63) is 11.8 Å². The Balaban J connectivity index is 3.10. The number of nitrogens with zero attached hydrogens (tertiary/aromatic N) is 2. The SMILES string of the molecule is Cn1nc(C(N)=O)cc1O. The smallest absolute Gasteiger partial charge is 0.269 e. The van der Waals surface area contributed by atoms with Crippen molar-refractivity contribution in [1.82, 2.24) is 9.78 Å². The Morgan fingerprint density at radius 1 is 1.90 bits per heavy atom. The Labute approximate surface area is 57.1 Å². The van der Waals surface area contributed by atoms with Crippen molar-refractivity contribution in [2.24, 2.45) is 12.8 Å². The predicted octanol–water partition coefficient (Wildman–Crippen LogP) is -0.775. The van der Waals surface area contributed by atoms with Gasteiger partial charge in [-0.3, -0.25) is 4.79 Å². The number of hydrogen-bond acceptors (Lipinski definition) is 3. The molecule has 0 bridgehead atoms. The summed E-state index contributed by atoms with van der Waals surface area (Å²) >= 11 is 0. The van der Waals surface area contributed by atoms with Crippen molar-refractivity contribution in [2.75, 3.05) is 0 Å². The van der Waals surface area contributed by atoms with Gasteiger partial charge in [0.2, 0.25) is 5.88 Å². The third kappa shape index (κ3) is 0.928. The number of carbonyl (C=O) groups excluding carboxylic acids is 1. The fourth-order valence-electron chi connectivity index (χ4n) is 0.578. The van der Waals surface area contributed by atoms with E-state index in [0.29, 0.717) is 0 Å². The molecule has 5 nitrogen and oxygen atoms in total. The standard InChI is InChI=1S/C5H7N3O2/c1-8-4(9)2-3(7-8)5(6)10/h2,9H,1H3,(H2,6,10). The van der Waals surface area contributed by atoms with Crippen LogP contribution in [0.5, 0.6) is 5.88 Å². The normalized spacial score (nSPS) is 9.70. The molecule has 0 spiro atoms. The Bertz CT molecular complexity index is 246. The first kappa shape index (κ1) is 6.60. The van der Waals surface area contributed by atoms with E-state index in [4.69, 9.17) is 10.8 Å². The predicted molar refractivity (Wildman–Crippen MR) is 33.4 cm³/mol. The lowest BCUT2D eigenvalue weighted by Gasteiger charge is -1.86. The molecule has 0 fully saturated rings. The van der Waals surface area contributed by atoms with Crippen LogP contribution in [-0.2, 0) is 7.05 Å². The molecule has 5 heteroatoms. The number of amides is 1. The highest BCUT2D eigenvalue weighted by Crippen LogP contribution is 2.07. The number of rotatable bonds is 1. The highest BCUT2D eigenvalue weighted by atomic mass is 16.3. The molecular weight excluding hydrogens is 134 g/mol. The van der Waals surface area contributed by atoms with Gasteiger partial charge in [0, 0.05) is 13.1 Å². The van der Waals surface area contributed by atoms with E-state index in [1.165, 1.54) is 17.8 Å². The summed E-state index contributed by atoms with van der Waals surface area (Å²) < 4.78 is 1.17. The largest absolute Gasteiger partial charge is 0.493 e. The van der Waals surface area contributed by atoms with Crippen molar-refractivity contribution >= 4 is 5.91 Å². The number of nitrogens with two attached hydrogens (primary N) is 1. The fraction of sp³-hybridized carbons (Fsp3) is 0.200. The lowest BCUT2D eigenvalue weighted by Crippen LogP contribution is -2.11. The third-order valence-electron chi connectivity index (χ3n) is 1.11. The lowest BCUT2D eigenvalue weighted by molar-refractivity contribution is 0.0995. The van der Waals surface area contributed by atoms with Gasteiger partial charge in [0.1, 0.15) is 0 Å². The molecule has 0 aliphatic heterocycles. The molecule has 54 valence electrons. The lowest BCUT2D eigenvalue weighted by atomic mass is 10.4. The molecule has 0 aliphatic rings. The van der Waals surface area contributed by atoms with Crippen LogP contribution in [0, 0.1) is 0 Å². The van der Waals surface area contributed by atoms with E-state index >= 15 is 0 Å². The van der Waals surface area contributed by atoms with E-state index in [1.807, 2.05) is 0 Å². The Morgan fingerprint density at radius 2 is 2.50 bits per heavy atom. The van der Waals surface area contributed by atoms with Crippen molar-refractivity contribution in [2.45, 2.75) is 0 Å². The average Bonchev–Trinajstić information content (AvgIpc) is 2.13. The van der Waals surface area contributed by atoms with Crippen LogP contribution in [-0.4, -0.2) is 20.8 Å². The summed E-state index contributed by atoms with van der Waals surface area (Å²) in [5.41, 5.74) is 4.94. The van der Waals surface area contributed by atoms with Crippen molar-refractivity contribution < 1.29 is 9.90 Å². The van der Waals surface area contributed by atoms with Crippen LogP contribution in [0.25, 0.3) is 0 Å². The topological polar surface area (TPSA) is 81.1 Å². The van der Waals surface area contributed by atoms with E-state index in [2.05, 4.69) is 5.10 Å². The van der Waals surface area contributed by atoms with E-state index in [1.54, 1.807) is 0 Å². The third-order valence-corrected chi connectivity index (χ3v) is 1.11. The Kier molecular flexibility index (Phi) is 1.33. The molecule has 0 radical (unpaired) electrons. The number of aromatic nitrogens is 2. The molecular formula is C5H7N3O2. The number of hydrogen-bond donors (Lipinski definition) is 2. The fourth-order valence-corrected chi connectivity index (χ4v) is 0.578. The number of aryl methyl sites for hydroxylation is 1. The maximum absolute atomic E-state index is 10.4. The van der Waals surface area contributed by atoms with Crippen molar-refractivity contribution in [3.63, 3.8) is 0 Å². The van der Waals surface area contributed by atoms with Gasteiger partial charge in [0.05, 0.1) is 0 Å². The molecule has 3 N–H and O–H groups in total. The highest BCUT2D eigenvalue weighted by Gasteiger charge is 2.06. The van der Waals surface area contributed by atoms with Gasteiger partial charge in [-0.25, -0.2) is 4.68 Å². The van der Waals surface area contributed by atoms with Gasteiger partial charge in [0.25, 0.3) is 5.91 Å². The van der Waals surface area contributed by atoms with Crippen LogP contribution < -0.4 is 5.73 Å². The molecule has 0 unspecified atom stereocenters. The van der Waals surface area contributed by atoms with Crippen LogP contribution in [0.2, 0.25) is 0 Å². The van der Waals surface area contributed by atoms with Crippen LogP contribution in [0.3, 0.4) is 0 Å². The van der Waals surface area contributed by atoms with Crippen LogP contribution in [0.1, 0.15) is 10.5 Å². The first-order valence-corrected chi connectivity index (χ1v) is 2.64. The number of aromatic hydroxyl groups is 1. The second kappa shape index (κ2) is 2.02. The monoisotopic (exact) mass is 141 g/mol. The molecule has 10 heavy (non-hydrogen) atoms. The minimum absolute atomic E-state index is 0.0694. The number of primary amides is 1. The van der Waals surface area contributed by atoms with E-state index in [0.717, 1.165) is 0 Å². The molecule has 0 aromatic carbocycles. The van der Waals surface area contributed by atoms with E-state index in [9.17, 15) is 4.79 Å². The summed E-state index contributed by atoms with van der Waals surface area (Å²) in [4.78, 5) is 10.4. The molecule has 1 rings (SSSR count). The Hall–Kier alpha value is -1.52. The van der Waals surface area contributed by atoms with Crippen molar-refractivity contribution in [3.8, 4) is 5.88 Å². The second-order valence-corrected chi connectivity index (χ2v) is 1.88. The maximum Gasteiger partial charge on any atom is 0.269 e. The number of carbonyl (C=O) groups is 1. The summed E-state index contributed by atoms with van der Waals surface area (Å²) in [6.45, 7) is 0. The first-order valence-electron chi connectivity index (χ1n) is 2.64. The van der Waals surface area contributed by atoms with E-state index in [-0.39, 0.29) is 11.6 Å². The average molecular weight is 141 g/mol. The van der Waals surface area contributed by atoms with Gasteiger partial charge in [-0.2, -0.15) is 5.10 Å². The highest BCUT2D eigenvalue weighted by molar-refractivity contribution is 5.90. The van der Waals surface area contributed by atoms with Gasteiger partial charge in [-0.05, 0) is 0 Å². The van der Waals surface area contributed by atoms with Gasteiger partial charge in [-0.15, -0.1) is 0 Å².